The second kappa shape index (κ2) is 8.02. The maximum Gasteiger partial charge on any atom is 0.255 e. The van der Waals surface area contributed by atoms with Crippen molar-refractivity contribution >= 4 is 34.2 Å². The highest BCUT2D eigenvalue weighted by atomic mass is 127. The van der Waals surface area contributed by atoms with Crippen LogP contribution in [0.3, 0.4) is 0 Å². The van der Waals surface area contributed by atoms with Crippen LogP contribution in [0.5, 0.6) is 5.75 Å². The molecule has 2 aromatic carbocycles. The van der Waals surface area contributed by atoms with E-state index in [0.717, 1.165) is 27.8 Å². The van der Waals surface area contributed by atoms with Crippen LogP contribution >= 0.6 is 22.6 Å². The molecule has 2 rings (SSSR count). The minimum absolute atomic E-state index is 0.115. The number of halogens is 1. The summed E-state index contributed by atoms with van der Waals surface area (Å²) in [5.74, 6) is 0.686. The monoisotopic (exact) mass is 395 g/mol. The molecule has 0 atom stereocenters. The summed E-state index contributed by atoms with van der Waals surface area (Å²) in [6.45, 7) is 2.84. The molecule has 110 valence electrons. The van der Waals surface area contributed by atoms with Crippen molar-refractivity contribution < 1.29 is 9.53 Å². The van der Waals surface area contributed by atoms with Crippen molar-refractivity contribution in [2.45, 2.75) is 19.8 Å². The van der Waals surface area contributed by atoms with Gasteiger partial charge in [-0.1, -0.05) is 13.3 Å². The van der Waals surface area contributed by atoms with Crippen molar-refractivity contribution in [1.82, 2.24) is 0 Å². The third-order valence-corrected chi connectivity index (χ3v) is 3.70. The molecule has 3 nitrogen and oxygen atoms in total. The lowest BCUT2D eigenvalue weighted by atomic mass is 10.2. The summed E-state index contributed by atoms with van der Waals surface area (Å²) >= 11 is 2.23. The fourth-order valence-electron chi connectivity index (χ4n) is 1.77. The first-order valence-electron chi connectivity index (χ1n) is 6.99. The Morgan fingerprint density at radius 2 is 1.76 bits per heavy atom. The van der Waals surface area contributed by atoms with E-state index in [4.69, 9.17) is 4.74 Å². The predicted molar refractivity (Wildman–Crippen MR) is 94.0 cm³/mol. The van der Waals surface area contributed by atoms with Crippen LogP contribution in [-0.2, 0) is 0 Å². The zero-order valence-corrected chi connectivity index (χ0v) is 14.1. The van der Waals surface area contributed by atoms with Crippen LogP contribution in [0.4, 0.5) is 5.69 Å². The summed E-state index contributed by atoms with van der Waals surface area (Å²) in [5, 5.41) is 2.87. The van der Waals surface area contributed by atoms with E-state index in [1.807, 2.05) is 36.4 Å². The number of hydrogen-bond acceptors (Lipinski definition) is 2. The van der Waals surface area contributed by atoms with Crippen molar-refractivity contribution in [3.05, 3.63) is 57.7 Å². The molecule has 4 heteroatoms. The number of rotatable bonds is 6. The minimum Gasteiger partial charge on any atom is -0.494 e. The van der Waals surface area contributed by atoms with E-state index >= 15 is 0 Å². The molecule has 0 unspecified atom stereocenters. The van der Waals surface area contributed by atoms with Gasteiger partial charge in [-0.05, 0) is 77.5 Å². The van der Waals surface area contributed by atoms with E-state index in [-0.39, 0.29) is 5.91 Å². The standard InChI is InChI=1S/C17H18INO2/c1-2-3-12-21-16-10-4-13(5-11-16)17(20)19-15-8-6-14(18)7-9-15/h4-11H,2-3,12H2,1H3,(H,19,20). The van der Waals surface area contributed by atoms with Crippen molar-refractivity contribution in [2.24, 2.45) is 0 Å². The number of anilines is 1. The third-order valence-electron chi connectivity index (χ3n) is 2.99. The molecular formula is C17H18INO2. The zero-order valence-electron chi connectivity index (χ0n) is 11.9. The van der Waals surface area contributed by atoms with Crippen LogP contribution in [0.1, 0.15) is 30.1 Å². The summed E-state index contributed by atoms with van der Waals surface area (Å²) in [5.41, 5.74) is 1.42. The predicted octanol–water partition coefficient (Wildman–Crippen LogP) is 4.72. The summed E-state index contributed by atoms with van der Waals surface area (Å²) in [6, 6.07) is 14.9. The van der Waals surface area contributed by atoms with Crippen molar-refractivity contribution in [3.63, 3.8) is 0 Å². The van der Waals surface area contributed by atoms with Gasteiger partial charge in [0.15, 0.2) is 0 Å². The average molecular weight is 395 g/mol. The average Bonchev–Trinajstić information content (AvgIpc) is 2.50. The molecule has 0 radical (unpaired) electrons. The van der Waals surface area contributed by atoms with Gasteiger partial charge >= 0.3 is 0 Å². The van der Waals surface area contributed by atoms with Gasteiger partial charge in [0, 0.05) is 14.8 Å². The van der Waals surface area contributed by atoms with E-state index in [1.54, 1.807) is 12.1 Å². The second-order valence-electron chi connectivity index (χ2n) is 4.69. The van der Waals surface area contributed by atoms with Gasteiger partial charge in [-0.15, -0.1) is 0 Å². The number of carbonyl (C=O) groups excluding carboxylic acids is 1. The quantitative estimate of drug-likeness (QED) is 0.568. The molecule has 0 heterocycles. The SMILES string of the molecule is CCCCOc1ccc(C(=O)Nc2ccc(I)cc2)cc1. The van der Waals surface area contributed by atoms with Gasteiger partial charge in [-0.2, -0.15) is 0 Å². The Balaban J connectivity index is 1.94. The Labute approximate surface area is 138 Å². The Bertz CT molecular complexity index is 579. The van der Waals surface area contributed by atoms with Crippen molar-refractivity contribution in [3.8, 4) is 5.75 Å². The zero-order chi connectivity index (χ0) is 15.1. The fourth-order valence-corrected chi connectivity index (χ4v) is 2.13. The lowest BCUT2D eigenvalue weighted by Crippen LogP contribution is -2.11. The molecule has 21 heavy (non-hydrogen) atoms. The topological polar surface area (TPSA) is 38.3 Å². The van der Waals surface area contributed by atoms with Crippen LogP contribution in [0, 0.1) is 3.57 Å². The lowest BCUT2D eigenvalue weighted by molar-refractivity contribution is 0.102. The number of nitrogens with one attached hydrogen (secondary N) is 1. The van der Waals surface area contributed by atoms with Gasteiger partial charge in [-0.25, -0.2) is 0 Å². The van der Waals surface area contributed by atoms with Crippen LogP contribution in [-0.4, -0.2) is 12.5 Å². The molecule has 0 aromatic heterocycles. The maximum absolute atomic E-state index is 12.1. The maximum atomic E-state index is 12.1. The molecule has 0 aliphatic carbocycles. The van der Waals surface area contributed by atoms with Crippen LogP contribution < -0.4 is 10.1 Å². The summed E-state index contributed by atoms with van der Waals surface area (Å²) in [4.78, 5) is 12.1. The molecule has 0 aliphatic rings. The largest absolute Gasteiger partial charge is 0.494 e. The van der Waals surface area contributed by atoms with Crippen molar-refractivity contribution in [1.29, 1.82) is 0 Å². The molecular weight excluding hydrogens is 377 g/mol. The van der Waals surface area contributed by atoms with E-state index in [0.29, 0.717) is 12.2 Å². The Morgan fingerprint density at radius 3 is 2.38 bits per heavy atom. The third kappa shape index (κ3) is 5.04. The van der Waals surface area contributed by atoms with Crippen LogP contribution in [0.25, 0.3) is 0 Å². The van der Waals surface area contributed by atoms with E-state index in [9.17, 15) is 4.79 Å². The van der Waals surface area contributed by atoms with Crippen LogP contribution in [0.15, 0.2) is 48.5 Å². The Hall–Kier alpha value is -1.56. The van der Waals surface area contributed by atoms with Gasteiger partial charge in [0.2, 0.25) is 0 Å². The van der Waals surface area contributed by atoms with Crippen LogP contribution in [0.2, 0.25) is 0 Å². The van der Waals surface area contributed by atoms with E-state index < -0.39 is 0 Å². The molecule has 0 bridgehead atoms. The molecule has 0 aliphatic heterocycles. The summed E-state index contributed by atoms with van der Waals surface area (Å²) in [7, 11) is 0. The smallest absolute Gasteiger partial charge is 0.255 e. The molecule has 0 spiro atoms. The van der Waals surface area contributed by atoms with E-state index in [1.165, 1.54) is 0 Å². The Morgan fingerprint density at radius 1 is 1.10 bits per heavy atom. The number of benzene rings is 2. The molecule has 2 aromatic rings. The number of hydrogen-bond donors (Lipinski definition) is 1. The highest BCUT2D eigenvalue weighted by molar-refractivity contribution is 14.1. The molecule has 0 saturated heterocycles. The molecule has 1 N–H and O–H groups in total. The normalized spacial score (nSPS) is 10.2. The number of carbonyl (C=O) groups is 1. The number of unbranched alkanes of at least 4 members (excludes halogenated alkanes) is 1. The first-order chi connectivity index (χ1) is 10.2. The molecule has 0 saturated carbocycles. The second-order valence-corrected chi connectivity index (χ2v) is 5.93. The molecule has 0 fully saturated rings. The number of amides is 1. The number of ether oxygens (including phenoxy) is 1. The first-order valence-corrected chi connectivity index (χ1v) is 8.06. The van der Waals surface area contributed by atoms with E-state index in [2.05, 4.69) is 34.8 Å². The fraction of sp³-hybridized carbons (Fsp3) is 0.235. The highest BCUT2D eigenvalue weighted by Crippen LogP contribution is 2.15. The van der Waals surface area contributed by atoms with Gasteiger partial charge in [0.05, 0.1) is 6.61 Å². The highest BCUT2D eigenvalue weighted by Gasteiger charge is 2.06. The Kier molecular flexibility index (Phi) is 6.04. The van der Waals surface area contributed by atoms with Gasteiger partial charge < -0.3 is 10.1 Å². The van der Waals surface area contributed by atoms with Gasteiger partial charge in [-0.3, -0.25) is 4.79 Å². The van der Waals surface area contributed by atoms with Gasteiger partial charge in [0.25, 0.3) is 5.91 Å². The van der Waals surface area contributed by atoms with Gasteiger partial charge in [0.1, 0.15) is 5.75 Å². The summed E-state index contributed by atoms with van der Waals surface area (Å²) in [6.07, 6.45) is 2.14. The first kappa shape index (κ1) is 15.8. The van der Waals surface area contributed by atoms with Crippen molar-refractivity contribution in [2.75, 3.05) is 11.9 Å². The summed E-state index contributed by atoms with van der Waals surface area (Å²) < 4.78 is 6.72. The lowest BCUT2D eigenvalue weighted by Gasteiger charge is -2.07. The minimum atomic E-state index is -0.115. The molecule has 1 amide bonds.